The van der Waals surface area contributed by atoms with Crippen LogP contribution in [0.5, 0.6) is 5.75 Å². The largest absolute Gasteiger partial charge is 0.508 e. The Morgan fingerprint density at radius 3 is 2.50 bits per heavy atom. The molecule has 0 heterocycles. The van der Waals surface area contributed by atoms with Gasteiger partial charge in [0.25, 0.3) is 0 Å². The molecule has 0 atom stereocenters. The molecule has 18 heavy (non-hydrogen) atoms. The first kappa shape index (κ1) is 12.4. The normalized spacial score (nSPS) is 10.3. The van der Waals surface area contributed by atoms with E-state index in [0.717, 1.165) is 11.1 Å². The predicted molar refractivity (Wildman–Crippen MR) is 72.0 cm³/mol. The van der Waals surface area contributed by atoms with E-state index in [1.807, 2.05) is 37.3 Å². The van der Waals surface area contributed by atoms with E-state index in [2.05, 4.69) is 0 Å². The van der Waals surface area contributed by atoms with Crippen molar-refractivity contribution in [3.05, 3.63) is 65.2 Å². The summed E-state index contributed by atoms with van der Waals surface area (Å²) in [7, 11) is 0. The number of carbonyl (C=O) groups is 1. The van der Waals surface area contributed by atoms with Crippen LogP contribution < -0.4 is 0 Å². The molecule has 2 rings (SSSR count). The summed E-state index contributed by atoms with van der Waals surface area (Å²) in [6.45, 7) is 1.85. The van der Waals surface area contributed by atoms with Gasteiger partial charge in [0.1, 0.15) is 5.75 Å². The number of Topliss-reactive ketones (excluding diaryl/α,β-unsaturated/α-hetero) is 1. The van der Waals surface area contributed by atoms with Crippen molar-refractivity contribution in [2.45, 2.75) is 19.8 Å². The highest BCUT2D eigenvalue weighted by molar-refractivity contribution is 5.97. The van der Waals surface area contributed by atoms with Gasteiger partial charge in [0, 0.05) is 12.0 Å². The molecule has 0 spiro atoms. The standard InChI is InChI=1S/C16H16O2/c1-2-16(18)15-9-8-14(17)11-13(15)10-12-6-4-3-5-7-12/h3-9,11,17H,2,10H2,1H3. The molecule has 0 aliphatic carbocycles. The molecule has 2 aromatic carbocycles. The van der Waals surface area contributed by atoms with Gasteiger partial charge in [-0.15, -0.1) is 0 Å². The van der Waals surface area contributed by atoms with E-state index in [0.29, 0.717) is 18.4 Å². The van der Waals surface area contributed by atoms with Crippen molar-refractivity contribution in [1.82, 2.24) is 0 Å². The summed E-state index contributed by atoms with van der Waals surface area (Å²) in [5.41, 5.74) is 2.72. The molecular formula is C16H16O2. The molecule has 0 aliphatic rings. The number of phenols is 1. The molecule has 0 aromatic heterocycles. The Hall–Kier alpha value is -2.09. The van der Waals surface area contributed by atoms with E-state index in [-0.39, 0.29) is 11.5 Å². The number of rotatable bonds is 4. The SMILES string of the molecule is CCC(=O)c1ccc(O)cc1Cc1ccccc1. The predicted octanol–water partition coefficient (Wildman–Crippen LogP) is 3.58. The third-order valence-electron chi connectivity index (χ3n) is 2.95. The fraction of sp³-hybridized carbons (Fsp3) is 0.188. The molecule has 1 N–H and O–H groups in total. The summed E-state index contributed by atoms with van der Waals surface area (Å²) in [4.78, 5) is 11.9. The Balaban J connectivity index is 2.36. The van der Waals surface area contributed by atoms with Crippen LogP contribution >= 0.6 is 0 Å². The van der Waals surface area contributed by atoms with Gasteiger partial charge in [-0.25, -0.2) is 0 Å². The van der Waals surface area contributed by atoms with Gasteiger partial charge in [-0.3, -0.25) is 4.79 Å². The lowest BCUT2D eigenvalue weighted by Gasteiger charge is -2.08. The van der Waals surface area contributed by atoms with Gasteiger partial charge < -0.3 is 5.11 Å². The van der Waals surface area contributed by atoms with Crippen LogP contribution in [-0.2, 0) is 6.42 Å². The first-order valence-electron chi connectivity index (χ1n) is 6.09. The zero-order valence-corrected chi connectivity index (χ0v) is 10.4. The molecule has 0 radical (unpaired) electrons. The topological polar surface area (TPSA) is 37.3 Å². The molecule has 0 saturated carbocycles. The zero-order chi connectivity index (χ0) is 13.0. The van der Waals surface area contributed by atoms with Crippen LogP contribution in [0, 0.1) is 0 Å². The third kappa shape index (κ3) is 2.77. The number of carbonyl (C=O) groups excluding carboxylic acids is 1. The first-order chi connectivity index (χ1) is 8.70. The van der Waals surface area contributed by atoms with Crippen LogP contribution in [0.15, 0.2) is 48.5 Å². The molecule has 0 fully saturated rings. The minimum Gasteiger partial charge on any atom is -0.508 e. The van der Waals surface area contributed by atoms with E-state index in [4.69, 9.17) is 0 Å². The number of benzene rings is 2. The summed E-state index contributed by atoms with van der Waals surface area (Å²) in [5.74, 6) is 0.314. The zero-order valence-electron chi connectivity index (χ0n) is 10.4. The lowest BCUT2D eigenvalue weighted by Crippen LogP contribution is -2.03. The molecule has 2 heteroatoms. The lowest BCUT2D eigenvalue weighted by atomic mass is 9.96. The van der Waals surface area contributed by atoms with Crippen molar-refractivity contribution >= 4 is 5.78 Å². The molecule has 0 unspecified atom stereocenters. The third-order valence-corrected chi connectivity index (χ3v) is 2.95. The number of ketones is 1. The van der Waals surface area contributed by atoms with Crippen LogP contribution in [0.3, 0.4) is 0 Å². The van der Waals surface area contributed by atoms with E-state index in [1.165, 1.54) is 0 Å². The van der Waals surface area contributed by atoms with Crippen LogP contribution in [0.4, 0.5) is 0 Å². The van der Waals surface area contributed by atoms with E-state index in [1.54, 1.807) is 18.2 Å². The highest BCUT2D eigenvalue weighted by Gasteiger charge is 2.10. The molecule has 92 valence electrons. The summed E-state index contributed by atoms with van der Waals surface area (Å²) in [6, 6.07) is 14.9. The van der Waals surface area contributed by atoms with Crippen molar-refractivity contribution in [1.29, 1.82) is 0 Å². The van der Waals surface area contributed by atoms with Gasteiger partial charge in [-0.2, -0.15) is 0 Å². The Morgan fingerprint density at radius 2 is 1.83 bits per heavy atom. The monoisotopic (exact) mass is 240 g/mol. The smallest absolute Gasteiger partial charge is 0.162 e. The maximum Gasteiger partial charge on any atom is 0.162 e. The van der Waals surface area contributed by atoms with Crippen molar-refractivity contribution in [2.75, 3.05) is 0 Å². The quantitative estimate of drug-likeness (QED) is 0.829. The number of aromatic hydroxyl groups is 1. The Morgan fingerprint density at radius 1 is 1.11 bits per heavy atom. The maximum absolute atomic E-state index is 11.9. The molecular weight excluding hydrogens is 224 g/mol. The maximum atomic E-state index is 11.9. The fourth-order valence-electron chi connectivity index (χ4n) is 2.00. The average molecular weight is 240 g/mol. The van der Waals surface area contributed by atoms with E-state index >= 15 is 0 Å². The van der Waals surface area contributed by atoms with Gasteiger partial charge >= 0.3 is 0 Å². The first-order valence-corrected chi connectivity index (χ1v) is 6.09. The summed E-state index contributed by atoms with van der Waals surface area (Å²) < 4.78 is 0. The Bertz CT molecular complexity index is 544. The van der Waals surface area contributed by atoms with Gasteiger partial charge in [0.2, 0.25) is 0 Å². The number of hydrogen-bond acceptors (Lipinski definition) is 2. The minimum atomic E-state index is 0.112. The van der Waals surface area contributed by atoms with Crippen molar-refractivity contribution < 1.29 is 9.90 Å². The molecule has 0 saturated heterocycles. The van der Waals surface area contributed by atoms with E-state index < -0.39 is 0 Å². The van der Waals surface area contributed by atoms with Crippen LogP contribution in [0.2, 0.25) is 0 Å². The van der Waals surface area contributed by atoms with Crippen LogP contribution in [0.1, 0.15) is 34.8 Å². The van der Waals surface area contributed by atoms with Gasteiger partial charge in [-0.05, 0) is 35.7 Å². The van der Waals surface area contributed by atoms with Gasteiger partial charge in [0.15, 0.2) is 5.78 Å². The Labute approximate surface area is 107 Å². The van der Waals surface area contributed by atoms with Crippen molar-refractivity contribution in [3.8, 4) is 5.75 Å². The highest BCUT2D eigenvalue weighted by Crippen LogP contribution is 2.21. The van der Waals surface area contributed by atoms with E-state index in [9.17, 15) is 9.90 Å². The van der Waals surface area contributed by atoms with Crippen LogP contribution in [0.25, 0.3) is 0 Å². The fourth-order valence-corrected chi connectivity index (χ4v) is 2.00. The molecule has 2 nitrogen and oxygen atoms in total. The summed E-state index contributed by atoms with van der Waals surface area (Å²) in [5, 5.41) is 9.56. The average Bonchev–Trinajstić information content (AvgIpc) is 2.39. The molecule has 0 bridgehead atoms. The lowest BCUT2D eigenvalue weighted by molar-refractivity contribution is 0.0987. The van der Waals surface area contributed by atoms with Crippen molar-refractivity contribution in [3.63, 3.8) is 0 Å². The second-order valence-corrected chi connectivity index (χ2v) is 4.28. The Kier molecular flexibility index (Phi) is 3.78. The second kappa shape index (κ2) is 5.50. The molecule has 0 amide bonds. The highest BCUT2D eigenvalue weighted by atomic mass is 16.3. The second-order valence-electron chi connectivity index (χ2n) is 4.28. The minimum absolute atomic E-state index is 0.112. The number of phenolic OH excluding ortho intramolecular Hbond substituents is 1. The van der Waals surface area contributed by atoms with Crippen molar-refractivity contribution in [2.24, 2.45) is 0 Å². The van der Waals surface area contributed by atoms with Crippen LogP contribution in [-0.4, -0.2) is 10.9 Å². The summed E-state index contributed by atoms with van der Waals surface area (Å²) in [6.07, 6.45) is 1.14. The van der Waals surface area contributed by atoms with Gasteiger partial charge in [0.05, 0.1) is 0 Å². The molecule has 2 aromatic rings. The molecule has 0 aliphatic heterocycles. The number of hydrogen-bond donors (Lipinski definition) is 1. The van der Waals surface area contributed by atoms with Gasteiger partial charge in [-0.1, -0.05) is 37.3 Å². The summed E-state index contributed by atoms with van der Waals surface area (Å²) >= 11 is 0.